The van der Waals surface area contributed by atoms with Crippen LogP contribution in [0.4, 0.5) is 0 Å². The first-order chi connectivity index (χ1) is 8.88. The summed E-state index contributed by atoms with van der Waals surface area (Å²) in [6.07, 6.45) is 3.98. The largest absolute Gasteiger partial charge is 0.313 e. The fraction of sp³-hybridized carbons (Fsp3) is 1.00. The van der Waals surface area contributed by atoms with Gasteiger partial charge in [0.15, 0.2) is 0 Å². The first-order valence-corrected chi connectivity index (χ1v) is 8.80. The van der Waals surface area contributed by atoms with Crippen molar-refractivity contribution in [1.82, 2.24) is 15.1 Å². The fourth-order valence-electron chi connectivity index (χ4n) is 2.93. The van der Waals surface area contributed by atoms with Gasteiger partial charge in [0.2, 0.25) is 0 Å². The number of hydrogen-bond acceptors (Lipinski definition) is 4. The van der Waals surface area contributed by atoms with Crippen LogP contribution in [0.25, 0.3) is 0 Å². The van der Waals surface area contributed by atoms with Crippen LogP contribution in [0.15, 0.2) is 0 Å². The van der Waals surface area contributed by atoms with E-state index in [1.807, 2.05) is 0 Å². The lowest BCUT2D eigenvalue weighted by Gasteiger charge is -2.33. The zero-order valence-corrected chi connectivity index (χ0v) is 12.7. The summed E-state index contributed by atoms with van der Waals surface area (Å²) in [4.78, 5) is 5.22. The lowest BCUT2D eigenvalue weighted by Crippen LogP contribution is -2.45. The molecule has 106 valence electrons. The molecule has 2 fully saturated rings. The highest BCUT2D eigenvalue weighted by molar-refractivity contribution is 7.99. The molecule has 1 N–H and O–H groups in total. The number of piperidine rings is 1. The third-order valence-corrected chi connectivity index (χ3v) is 5.03. The van der Waals surface area contributed by atoms with Gasteiger partial charge in [0.25, 0.3) is 0 Å². The topological polar surface area (TPSA) is 18.5 Å². The van der Waals surface area contributed by atoms with E-state index in [2.05, 4.69) is 33.8 Å². The number of likely N-dealkylation sites (tertiary alicyclic amines) is 1. The molecule has 2 aliphatic heterocycles. The van der Waals surface area contributed by atoms with Crippen molar-refractivity contribution in [1.29, 1.82) is 0 Å². The van der Waals surface area contributed by atoms with Gasteiger partial charge in [0.1, 0.15) is 0 Å². The molecule has 2 heterocycles. The molecule has 18 heavy (non-hydrogen) atoms. The molecule has 0 aromatic rings. The van der Waals surface area contributed by atoms with E-state index >= 15 is 0 Å². The molecule has 0 aliphatic carbocycles. The van der Waals surface area contributed by atoms with Gasteiger partial charge in [-0.3, -0.25) is 0 Å². The predicted octanol–water partition coefficient (Wildman–Crippen LogP) is 1.50. The summed E-state index contributed by atoms with van der Waals surface area (Å²) in [5, 5.41) is 3.76. The van der Waals surface area contributed by atoms with Crippen LogP contribution in [0.3, 0.4) is 0 Å². The number of thioether (sulfide) groups is 1. The van der Waals surface area contributed by atoms with Crippen LogP contribution in [0, 0.1) is 0 Å². The average Bonchev–Trinajstić information content (AvgIpc) is 2.42. The van der Waals surface area contributed by atoms with Gasteiger partial charge in [0, 0.05) is 43.7 Å². The van der Waals surface area contributed by atoms with E-state index in [0.29, 0.717) is 0 Å². The molecule has 0 unspecified atom stereocenters. The maximum atomic E-state index is 3.76. The summed E-state index contributed by atoms with van der Waals surface area (Å²) in [7, 11) is 0. The zero-order valence-electron chi connectivity index (χ0n) is 11.9. The highest BCUT2D eigenvalue weighted by Gasteiger charge is 2.18. The Bertz CT molecular complexity index is 211. The van der Waals surface area contributed by atoms with E-state index in [4.69, 9.17) is 0 Å². The van der Waals surface area contributed by atoms with Crippen molar-refractivity contribution < 1.29 is 0 Å². The molecule has 0 radical (unpaired) electrons. The van der Waals surface area contributed by atoms with Gasteiger partial charge < -0.3 is 15.1 Å². The monoisotopic (exact) mass is 271 g/mol. The third kappa shape index (κ3) is 5.08. The molecular formula is C14H29N3S. The molecule has 2 aliphatic rings. The first kappa shape index (κ1) is 14.6. The zero-order chi connectivity index (χ0) is 12.6. The molecule has 0 amide bonds. The average molecular weight is 271 g/mol. The Morgan fingerprint density at radius 3 is 2.33 bits per heavy atom. The normalized spacial score (nSPS) is 24.5. The van der Waals surface area contributed by atoms with Crippen molar-refractivity contribution in [2.24, 2.45) is 0 Å². The van der Waals surface area contributed by atoms with E-state index in [1.54, 1.807) is 0 Å². The molecule has 2 rings (SSSR count). The summed E-state index contributed by atoms with van der Waals surface area (Å²) >= 11 is 2.10. The van der Waals surface area contributed by atoms with Gasteiger partial charge >= 0.3 is 0 Å². The number of rotatable bonds is 6. The molecule has 4 heteroatoms. The van der Waals surface area contributed by atoms with Crippen molar-refractivity contribution in [3.8, 4) is 0 Å². The van der Waals surface area contributed by atoms with Crippen LogP contribution >= 0.6 is 11.8 Å². The Labute approximate surface area is 117 Å². The Morgan fingerprint density at radius 1 is 1.00 bits per heavy atom. The fourth-order valence-corrected chi connectivity index (χ4v) is 3.91. The number of nitrogens with zero attached hydrogens (tertiary/aromatic N) is 2. The highest BCUT2D eigenvalue weighted by atomic mass is 32.2. The minimum Gasteiger partial charge on any atom is -0.313 e. The standard InChI is InChI=1S/C14H29N3S/c1-2-6-16-7-3-14(4-8-16)15-5-9-17-10-12-18-13-11-17/h14-15H,2-13H2,1H3. The maximum absolute atomic E-state index is 3.76. The van der Waals surface area contributed by atoms with E-state index in [9.17, 15) is 0 Å². The minimum atomic E-state index is 0.775. The summed E-state index contributed by atoms with van der Waals surface area (Å²) in [5.74, 6) is 2.66. The second kappa shape index (κ2) is 8.41. The molecule has 0 aromatic heterocycles. The lowest BCUT2D eigenvalue weighted by molar-refractivity contribution is 0.194. The molecule has 0 spiro atoms. The molecule has 0 bridgehead atoms. The van der Waals surface area contributed by atoms with Gasteiger partial charge in [-0.1, -0.05) is 6.92 Å². The van der Waals surface area contributed by atoms with Crippen LogP contribution in [-0.4, -0.2) is 73.2 Å². The van der Waals surface area contributed by atoms with Gasteiger partial charge in [-0.05, 0) is 38.9 Å². The van der Waals surface area contributed by atoms with Crippen LogP contribution in [0.1, 0.15) is 26.2 Å². The van der Waals surface area contributed by atoms with Crippen LogP contribution in [0.2, 0.25) is 0 Å². The van der Waals surface area contributed by atoms with E-state index in [0.717, 1.165) is 6.04 Å². The Hall–Kier alpha value is 0.230. The van der Waals surface area contributed by atoms with Gasteiger partial charge in [-0.25, -0.2) is 0 Å². The summed E-state index contributed by atoms with van der Waals surface area (Å²) < 4.78 is 0. The lowest BCUT2D eigenvalue weighted by atomic mass is 10.0. The predicted molar refractivity (Wildman–Crippen MR) is 81.5 cm³/mol. The molecule has 0 saturated carbocycles. The molecule has 0 atom stereocenters. The molecular weight excluding hydrogens is 242 g/mol. The van der Waals surface area contributed by atoms with Crippen molar-refractivity contribution in [3.05, 3.63) is 0 Å². The van der Waals surface area contributed by atoms with Gasteiger partial charge in [-0.2, -0.15) is 11.8 Å². The molecule has 3 nitrogen and oxygen atoms in total. The van der Waals surface area contributed by atoms with Crippen LogP contribution in [0.5, 0.6) is 0 Å². The van der Waals surface area contributed by atoms with Gasteiger partial charge in [-0.15, -0.1) is 0 Å². The van der Waals surface area contributed by atoms with E-state index in [1.165, 1.54) is 76.6 Å². The van der Waals surface area contributed by atoms with E-state index < -0.39 is 0 Å². The summed E-state index contributed by atoms with van der Waals surface area (Å²) in [6.45, 7) is 11.2. The van der Waals surface area contributed by atoms with E-state index in [-0.39, 0.29) is 0 Å². The quantitative estimate of drug-likeness (QED) is 0.789. The van der Waals surface area contributed by atoms with Gasteiger partial charge in [0.05, 0.1) is 0 Å². The summed E-state index contributed by atoms with van der Waals surface area (Å²) in [5.41, 5.74) is 0. The highest BCUT2D eigenvalue weighted by Crippen LogP contribution is 2.11. The van der Waals surface area contributed by atoms with Crippen LogP contribution < -0.4 is 5.32 Å². The SMILES string of the molecule is CCCN1CCC(NCCN2CCSCC2)CC1. The number of nitrogens with one attached hydrogen (secondary N) is 1. The minimum absolute atomic E-state index is 0.775. The summed E-state index contributed by atoms with van der Waals surface area (Å²) in [6, 6.07) is 0.775. The molecule has 2 saturated heterocycles. The Kier molecular flexibility index (Phi) is 6.84. The van der Waals surface area contributed by atoms with Crippen molar-refractivity contribution in [2.75, 3.05) is 57.3 Å². The second-order valence-electron chi connectivity index (χ2n) is 5.52. The first-order valence-electron chi connectivity index (χ1n) is 7.64. The smallest absolute Gasteiger partial charge is 0.0108 e. The van der Waals surface area contributed by atoms with Crippen molar-refractivity contribution in [3.63, 3.8) is 0 Å². The van der Waals surface area contributed by atoms with Crippen LogP contribution in [-0.2, 0) is 0 Å². The second-order valence-corrected chi connectivity index (χ2v) is 6.75. The number of hydrogen-bond donors (Lipinski definition) is 1. The maximum Gasteiger partial charge on any atom is 0.0108 e. The Morgan fingerprint density at radius 2 is 1.67 bits per heavy atom. The molecule has 0 aromatic carbocycles. The third-order valence-electron chi connectivity index (χ3n) is 4.09. The Balaban J connectivity index is 1.52. The van der Waals surface area contributed by atoms with Crippen molar-refractivity contribution >= 4 is 11.8 Å². The van der Waals surface area contributed by atoms with Crippen molar-refractivity contribution in [2.45, 2.75) is 32.2 Å².